The van der Waals surface area contributed by atoms with E-state index in [2.05, 4.69) is 5.32 Å². The van der Waals surface area contributed by atoms with Gasteiger partial charge in [0.05, 0.1) is 12.0 Å². The molecule has 0 unspecified atom stereocenters. The average Bonchev–Trinajstić information content (AvgIpc) is 3.03. The molecule has 2 amide bonds. The van der Waals surface area contributed by atoms with Gasteiger partial charge in [-0.3, -0.25) is 9.59 Å². The van der Waals surface area contributed by atoms with Crippen molar-refractivity contribution in [1.82, 2.24) is 10.2 Å². The first-order chi connectivity index (χ1) is 12.4. The molecule has 0 aromatic heterocycles. The number of nitrogens with zero attached hydrogens (tertiary/aromatic N) is 1. The minimum atomic E-state index is -0.309. The molecule has 3 rings (SSSR count). The first-order valence-corrected chi connectivity index (χ1v) is 9.07. The molecule has 1 aliphatic heterocycles. The van der Waals surface area contributed by atoms with Gasteiger partial charge in [-0.05, 0) is 31.9 Å². The van der Waals surface area contributed by atoms with Crippen LogP contribution in [0, 0.1) is 5.92 Å². The lowest BCUT2D eigenvalue weighted by Crippen LogP contribution is -2.43. The van der Waals surface area contributed by atoms with Crippen LogP contribution in [0.25, 0.3) is 0 Å². The maximum Gasteiger partial charge on any atom is 0.226 e. The molecule has 4 nitrogen and oxygen atoms in total. The molecule has 1 aliphatic rings. The van der Waals surface area contributed by atoms with Gasteiger partial charge in [-0.2, -0.15) is 0 Å². The number of likely N-dealkylation sites (tertiary alicyclic amines) is 1. The van der Waals surface area contributed by atoms with Crippen LogP contribution in [0.1, 0.15) is 44.4 Å². The zero-order chi connectivity index (χ0) is 18.7. The van der Waals surface area contributed by atoms with Crippen LogP contribution in [0.15, 0.2) is 60.7 Å². The SMILES string of the molecule is CC(C)(C)N1C[C@H](C(=O)NC(c2ccccc2)c2ccccc2)CC1=O. The smallest absolute Gasteiger partial charge is 0.226 e. The molecule has 0 radical (unpaired) electrons. The Bertz CT molecular complexity index is 726. The zero-order valence-electron chi connectivity index (χ0n) is 15.6. The number of carbonyl (C=O) groups excluding carboxylic acids is 2. The topological polar surface area (TPSA) is 49.4 Å². The van der Waals surface area contributed by atoms with E-state index >= 15 is 0 Å². The second kappa shape index (κ2) is 7.32. The van der Waals surface area contributed by atoms with Crippen LogP contribution < -0.4 is 5.32 Å². The normalized spacial score (nSPS) is 17.6. The van der Waals surface area contributed by atoms with Gasteiger partial charge in [0.2, 0.25) is 11.8 Å². The molecule has 0 saturated carbocycles. The van der Waals surface area contributed by atoms with Crippen LogP contribution in [-0.2, 0) is 9.59 Å². The Labute approximate surface area is 155 Å². The lowest BCUT2D eigenvalue weighted by Gasteiger charge is -2.32. The number of rotatable bonds is 4. The van der Waals surface area contributed by atoms with E-state index in [9.17, 15) is 9.59 Å². The summed E-state index contributed by atoms with van der Waals surface area (Å²) in [5, 5.41) is 3.17. The van der Waals surface area contributed by atoms with Gasteiger partial charge in [-0.25, -0.2) is 0 Å². The van der Waals surface area contributed by atoms with Crippen molar-refractivity contribution in [3.63, 3.8) is 0 Å². The van der Waals surface area contributed by atoms with Crippen LogP contribution in [0.4, 0.5) is 0 Å². The number of benzene rings is 2. The van der Waals surface area contributed by atoms with Crippen LogP contribution >= 0.6 is 0 Å². The van der Waals surface area contributed by atoms with Gasteiger partial charge < -0.3 is 10.2 Å². The van der Waals surface area contributed by atoms with Crippen LogP contribution in [0.3, 0.4) is 0 Å². The van der Waals surface area contributed by atoms with Crippen molar-refractivity contribution < 1.29 is 9.59 Å². The molecule has 0 bridgehead atoms. The van der Waals surface area contributed by atoms with Gasteiger partial charge in [0, 0.05) is 18.5 Å². The third kappa shape index (κ3) is 3.96. The zero-order valence-corrected chi connectivity index (χ0v) is 15.6. The first-order valence-electron chi connectivity index (χ1n) is 9.07. The summed E-state index contributed by atoms with van der Waals surface area (Å²) in [6.07, 6.45) is 0.277. The number of hydrogen-bond donors (Lipinski definition) is 1. The second-order valence-electron chi connectivity index (χ2n) is 7.84. The molecule has 136 valence electrons. The maximum atomic E-state index is 12.9. The van der Waals surface area contributed by atoms with E-state index < -0.39 is 0 Å². The van der Waals surface area contributed by atoms with Gasteiger partial charge in [0.25, 0.3) is 0 Å². The lowest BCUT2D eigenvalue weighted by atomic mass is 9.97. The Balaban J connectivity index is 1.80. The summed E-state index contributed by atoms with van der Waals surface area (Å²) in [4.78, 5) is 27.0. The van der Waals surface area contributed by atoms with E-state index in [1.807, 2.05) is 81.4 Å². The minimum absolute atomic E-state index is 0.0497. The third-order valence-electron chi connectivity index (χ3n) is 4.86. The maximum absolute atomic E-state index is 12.9. The summed E-state index contributed by atoms with van der Waals surface area (Å²) in [6, 6.07) is 19.6. The standard InChI is InChI=1S/C22H26N2O2/c1-22(2,3)24-15-18(14-19(24)25)21(26)23-20(16-10-6-4-7-11-16)17-12-8-5-9-13-17/h4-13,18,20H,14-15H2,1-3H3,(H,23,26)/t18-/m1/s1. The Morgan fingerprint density at radius 1 is 1.00 bits per heavy atom. The molecule has 1 saturated heterocycles. The van der Waals surface area contributed by atoms with Crippen LogP contribution in [-0.4, -0.2) is 28.8 Å². The van der Waals surface area contributed by atoms with Crippen molar-refractivity contribution in [1.29, 1.82) is 0 Å². The molecule has 0 aliphatic carbocycles. The molecule has 1 N–H and O–H groups in total. The van der Waals surface area contributed by atoms with E-state index in [-0.39, 0.29) is 35.7 Å². The Morgan fingerprint density at radius 2 is 1.50 bits per heavy atom. The number of amides is 2. The van der Waals surface area contributed by atoms with Crippen LogP contribution in [0.2, 0.25) is 0 Å². The molecule has 4 heteroatoms. The van der Waals surface area contributed by atoms with Gasteiger partial charge in [-0.1, -0.05) is 60.7 Å². The van der Waals surface area contributed by atoms with Crippen molar-refractivity contribution in [3.8, 4) is 0 Å². The molecule has 1 heterocycles. The van der Waals surface area contributed by atoms with Crippen molar-refractivity contribution >= 4 is 11.8 Å². The van der Waals surface area contributed by atoms with Gasteiger partial charge in [0.1, 0.15) is 0 Å². The Kier molecular flexibility index (Phi) is 5.12. The monoisotopic (exact) mass is 350 g/mol. The third-order valence-corrected chi connectivity index (χ3v) is 4.86. The van der Waals surface area contributed by atoms with Gasteiger partial charge >= 0.3 is 0 Å². The highest BCUT2D eigenvalue weighted by molar-refractivity contribution is 5.90. The highest BCUT2D eigenvalue weighted by Gasteiger charge is 2.39. The summed E-state index contributed by atoms with van der Waals surface area (Å²) >= 11 is 0. The molecule has 1 atom stereocenters. The highest BCUT2D eigenvalue weighted by atomic mass is 16.2. The van der Waals surface area contributed by atoms with Crippen molar-refractivity contribution in [2.75, 3.05) is 6.54 Å². The van der Waals surface area contributed by atoms with Crippen LogP contribution in [0.5, 0.6) is 0 Å². The minimum Gasteiger partial charge on any atom is -0.345 e. The predicted molar refractivity (Wildman–Crippen MR) is 102 cm³/mol. The van der Waals surface area contributed by atoms with E-state index in [1.165, 1.54) is 0 Å². The first kappa shape index (κ1) is 18.2. The Hall–Kier alpha value is -2.62. The number of hydrogen-bond acceptors (Lipinski definition) is 2. The fourth-order valence-corrected chi connectivity index (χ4v) is 3.44. The van der Waals surface area contributed by atoms with Gasteiger partial charge in [-0.15, -0.1) is 0 Å². The summed E-state index contributed by atoms with van der Waals surface area (Å²) in [7, 11) is 0. The largest absolute Gasteiger partial charge is 0.345 e. The van der Waals surface area contributed by atoms with Gasteiger partial charge in [0.15, 0.2) is 0 Å². The summed E-state index contributed by atoms with van der Waals surface area (Å²) in [5.74, 6) is -0.326. The van der Waals surface area contributed by atoms with Crippen molar-refractivity contribution in [2.45, 2.75) is 38.8 Å². The average molecular weight is 350 g/mol. The number of carbonyl (C=O) groups is 2. The van der Waals surface area contributed by atoms with Crippen molar-refractivity contribution in [2.24, 2.45) is 5.92 Å². The molecule has 26 heavy (non-hydrogen) atoms. The molecule has 0 spiro atoms. The second-order valence-corrected chi connectivity index (χ2v) is 7.84. The Morgan fingerprint density at radius 3 is 1.92 bits per heavy atom. The molecule has 2 aromatic carbocycles. The molecular weight excluding hydrogens is 324 g/mol. The summed E-state index contributed by atoms with van der Waals surface area (Å²) < 4.78 is 0. The van der Waals surface area contributed by atoms with Crippen molar-refractivity contribution in [3.05, 3.63) is 71.8 Å². The summed E-state index contributed by atoms with van der Waals surface area (Å²) in [6.45, 7) is 6.48. The predicted octanol–water partition coefficient (Wildman–Crippen LogP) is 3.54. The fourth-order valence-electron chi connectivity index (χ4n) is 3.44. The quantitative estimate of drug-likeness (QED) is 0.917. The fraction of sp³-hybridized carbons (Fsp3) is 0.364. The summed E-state index contributed by atoms with van der Waals surface area (Å²) in [5.41, 5.74) is 1.80. The van der Waals surface area contributed by atoms with E-state index in [0.29, 0.717) is 6.54 Å². The molecule has 1 fully saturated rings. The lowest BCUT2D eigenvalue weighted by molar-refractivity contribution is -0.132. The van der Waals surface area contributed by atoms with E-state index in [1.54, 1.807) is 4.90 Å². The van der Waals surface area contributed by atoms with E-state index in [4.69, 9.17) is 0 Å². The molecule has 2 aromatic rings. The van der Waals surface area contributed by atoms with E-state index in [0.717, 1.165) is 11.1 Å². The number of nitrogens with one attached hydrogen (secondary N) is 1. The molecular formula is C22H26N2O2. The highest BCUT2D eigenvalue weighted by Crippen LogP contribution is 2.28.